The molecule has 2 atom stereocenters. The van der Waals surface area contributed by atoms with Crippen LogP contribution in [0.15, 0.2) is 36.4 Å². The minimum absolute atomic E-state index is 0.00182. The normalized spacial score (nSPS) is 18.7. The van der Waals surface area contributed by atoms with Gasteiger partial charge < -0.3 is 4.74 Å². The van der Waals surface area contributed by atoms with Crippen molar-refractivity contribution in [2.24, 2.45) is 5.92 Å². The highest BCUT2D eigenvalue weighted by atomic mass is 35.5. The third-order valence-corrected chi connectivity index (χ3v) is 4.13. The van der Waals surface area contributed by atoms with Gasteiger partial charge in [-0.25, -0.2) is 4.98 Å². The van der Waals surface area contributed by atoms with Crippen LogP contribution in [0.5, 0.6) is 0 Å². The number of esters is 1. The molecule has 116 valence electrons. The molecule has 1 aromatic heterocycles. The second-order valence-electron chi connectivity index (χ2n) is 5.35. The standard InChI is InChI=1S/C18H13Cl2NO2/c1-23-18(22)15-10-14(15)13-6-4-11(5-7-13)2-3-12-8-16(19)21-17(20)9-12/h4-9,14-15H,10H2,1H3/t14-,15+/m0/s1. The number of methoxy groups -OCH3 is 1. The molecule has 23 heavy (non-hydrogen) atoms. The number of halogens is 2. The summed E-state index contributed by atoms with van der Waals surface area (Å²) < 4.78 is 4.77. The number of benzene rings is 1. The topological polar surface area (TPSA) is 39.2 Å². The van der Waals surface area contributed by atoms with Crippen LogP contribution in [0.3, 0.4) is 0 Å². The van der Waals surface area contributed by atoms with Crippen molar-refractivity contribution in [2.75, 3.05) is 7.11 Å². The maximum atomic E-state index is 11.5. The summed E-state index contributed by atoms with van der Waals surface area (Å²) in [4.78, 5) is 15.3. The van der Waals surface area contributed by atoms with Gasteiger partial charge in [0.15, 0.2) is 0 Å². The van der Waals surface area contributed by atoms with Crippen LogP contribution in [0.2, 0.25) is 10.3 Å². The van der Waals surface area contributed by atoms with Gasteiger partial charge in [0.1, 0.15) is 10.3 Å². The molecule has 2 aromatic rings. The lowest BCUT2D eigenvalue weighted by Gasteiger charge is -2.00. The van der Waals surface area contributed by atoms with Crippen molar-refractivity contribution < 1.29 is 9.53 Å². The SMILES string of the molecule is COC(=O)[C@@H]1C[C@H]1c1ccc(C#Cc2cc(Cl)nc(Cl)c2)cc1. The molecule has 3 nitrogen and oxygen atoms in total. The molecule has 0 bridgehead atoms. The summed E-state index contributed by atoms with van der Waals surface area (Å²) in [5, 5.41) is 0.638. The van der Waals surface area contributed by atoms with E-state index in [0.29, 0.717) is 15.9 Å². The predicted molar refractivity (Wildman–Crippen MR) is 89.5 cm³/mol. The molecule has 1 aliphatic carbocycles. The van der Waals surface area contributed by atoms with Crippen LogP contribution in [0, 0.1) is 17.8 Å². The van der Waals surface area contributed by atoms with E-state index >= 15 is 0 Å². The number of nitrogens with zero attached hydrogens (tertiary/aromatic N) is 1. The van der Waals surface area contributed by atoms with E-state index < -0.39 is 0 Å². The highest BCUT2D eigenvalue weighted by Crippen LogP contribution is 2.48. The summed E-state index contributed by atoms with van der Waals surface area (Å²) in [6.07, 6.45) is 0.853. The van der Waals surface area contributed by atoms with Crippen molar-refractivity contribution in [3.05, 3.63) is 63.4 Å². The average molecular weight is 346 g/mol. The zero-order valence-corrected chi connectivity index (χ0v) is 13.9. The lowest BCUT2D eigenvalue weighted by molar-refractivity contribution is -0.142. The number of pyridine rings is 1. The summed E-state index contributed by atoms with van der Waals surface area (Å²) in [5.74, 6) is 6.20. The van der Waals surface area contributed by atoms with Crippen molar-refractivity contribution in [1.29, 1.82) is 0 Å². The Balaban J connectivity index is 1.72. The van der Waals surface area contributed by atoms with Gasteiger partial charge >= 0.3 is 5.97 Å². The fourth-order valence-corrected chi connectivity index (χ4v) is 2.93. The Morgan fingerprint density at radius 1 is 1.13 bits per heavy atom. The summed E-state index contributed by atoms with van der Waals surface area (Å²) >= 11 is 11.7. The van der Waals surface area contributed by atoms with Crippen molar-refractivity contribution in [2.45, 2.75) is 12.3 Å². The third-order valence-electron chi connectivity index (χ3n) is 3.75. The minimum atomic E-state index is -0.134. The maximum Gasteiger partial charge on any atom is 0.309 e. The molecule has 3 rings (SSSR count). The van der Waals surface area contributed by atoms with Crippen LogP contribution in [-0.2, 0) is 9.53 Å². The molecule has 1 fully saturated rings. The summed E-state index contributed by atoms with van der Waals surface area (Å²) in [6.45, 7) is 0. The molecule has 1 aliphatic rings. The molecule has 0 saturated heterocycles. The van der Waals surface area contributed by atoms with E-state index in [9.17, 15) is 4.79 Å². The van der Waals surface area contributed by atoms with Crippen LogP contribution in [-0.4, -0.2) is 18.1 Å². The number of rotatable bonds is 2. The smallest absolute Gasteiger partial charge is 0.309 e. The van der Waals surface area contributed by atoms with Gasteiger partial charge in [-0.3, -0.25) is 4.79 Å². The fourth-order valence-electron chi connectivity index (χ4n) is 2.47. The monoisotopic (exact) mass is 345 g/mol. The summed E-state index contributed by atoms with van der Waals surface area (Å²) in [7, 11) is 1.42. The van der Waals surface area contributed by atoms with Gasteiger partial charge in [-0.2, -0.15) is 0 Å². The number of ether oxygens (including phenoxy) is 1. The molecule has 1 heterocycles. The van der Waals surface area contributed by atoms with Gasteiger partial charge in [0, 0.05) is 11.1 Å². The second kappa shape index (κ2) is 6.62. The highest BCUT2D eigenvalue weighted by Gasteiger charge is 2.44. The molecule has 1 aromatic carbocycles. The predicted octanol–water partition coefficient (Wildman–Crippen LogP) is 4.06. The molecule has 1 saturated carbocycles. The van der Waals surface area contributed by atoms with E-state index in [2.05, 4.69) is 16.8 Å². The van der Waals surface area contributed by atoms with E-state index in [4.69, 9.17) is 27.9 Å². The van der Waals surface area contributed by atoms with Gasteiger partial charge in [0.05, 0.1) is 13.0 Å². The Morgan fingerprint density at radius 3 is 2.35 bits per heavy atom. The quantitative estimate of drug-likeness (QED) is 0.468. The van der Waals surface area contributed by atoms with E-state index in [-0.39, 0.29) is 17.8 Å². The zero-order chi connectivity index (χ0) is 16.4. The number of hydrogen-bond donors (Lipinski definition) is 0. The van der Waals surface area contributed by atoms with E-state index in [1.54, 1.807) is 12.1 Å². The first-order valence-electron chi connectivity index (χ1n) is 7.09. The fraction of sp³-hybridized carbons (Fsp3) is 0.222. The van der Waals surface area contributed by atoms with Crippen LogP contribution >= 0.6 is 23.2 Å². The number of hydrogen-bond acceptors (Lipinski definition) is 3. The van der Waals surface area contributed by atoms with Crippen LogP contribution in [0.25, 0.3) is 0 Å². The lowest BCUT2D eigenvalue weighted by atomic mass is 10.1. The molecule has 0 spiro atoms. The Kier molecular flexibility index (Phi) is 4.56. The largest absolute Gasteiger partial charge is 0.469 e. The van der Waals surface area contributed by atoms with Crippen molar-refractivity contribution in [1.82, 2.24) is 4.98 Å². The van der Waals surface area contributed by atoms with E-state index in [1.807, 2.05) is 24.3 Å². The molecule has 0 aliphatic heterocycles. The van der Waals surface area contributed by atoms with Gasteiger partial charge in [-0.1, -0.05) is 47.2 Å². The van der Waals surface area contributed by atoms with Crippen LogP contribution in [0.1, 0.15) is 29.0 Å². The highest BCUT2D eigenvalue weighted by molar-refractivity contribution is 6.32. The first-order valence-corrected chi connectivity index (χ1v) is 7.85. The molecule has 0 amide bonds. The summed E-state index contributed by atoms with van der Waals surface area (Å²) in [5.41, 5.74) is 2.74. The lowest BCUT2D eigenvalue weighted by Crippen LogP contribution is -2.03. The Labute approximate surface area is 144 Å². The first-order chi connectivity index (χ1) is 11.1. The van der Waals surface area contributed by atoms with Crippen LogP contribution < -0.4 is 0 Å². The van der Waals surface area contributed by atoms with Gasteiger partial charge in [-0.05, 0) is 42.2 Å². The molecule has 0 N–H and O–H groups in total. The van der Waals surface area contributed by atoms with Crippen molar-refractivity contribution >= 4 is 29.2 Å². The van der Waals surface area contributed by atoms with E-state index in [1.165, 1.54) is 7.11 Å². The minimum Gasteiger partial charge on any atom is -0.469 e. The molecule has 0 radical (unpaired) electrons. The second-order valence-corrected chi connectivity index (χ2v) is 6.12. The first kappa shape index (κ1) is 15.9. The Hall–Kier alpha value is -2.02. The Morgan fingerprint density at radius 2 is 1.74 bits per heavy atom. The average Bonchev–Trinajstić information content (AvgIpc) is 3.32. The third kappa shape index (κ3) is 3.85. The molecule has 5 heteroatoms. The van der Waals surface area contributed by atoms with Crippen LogP contribution in [0.4, 0.5) is 0 Å². The summed E-state index contributed by atoms with van der Waals surface area (Å²) in [6, 6.07) is 11.2. The molecular formula is C18H13Cl2NO2. The molecular weight excluding hydrogens is 333 g/mol. The number of aromatic nitrogens is 1. The van der Waals surface area contributed by atoms with Crippen molar-refractivity contribution in [3.63, 3.8) is 0 Å². The number of carbonyl (C=O) groups excluding carboxylic acids is 1. The zero-order valence-electron chi connectivity index (χ0n) is 12.3. The van der Waals surface area contributed by atoms with Gasteiger partial charge in [0.25, 0.3) is 0 Å². The van der Waals surface area contributed by atoms with Gasteiger partial charge in [0.2, 0.25) is 0 Å². The molecule has 0 unspecified atom stereocenters. The van der Waals surface area contributed by atoms with Gasteiger partial charge in [-0.15, -0.1) is 0 Å². The van der Waals surface area contributed by atoms with Crippen molar-refractivity contribution in [3.8, 4) is 11.8 Å². The van der Waals surface area contributed by atoms with E-state index in [0.717, 1.165) is 17.5 Å². The maximum absolute atomic E-state index is 11.5. The number of carbonyl (C=O) groups is 1. The Bertz CT molecular complexity index is 786.